The molecule has 28 heavy (non-hydrogen) atoms. The van der Waals surface area contributed by atoms with E-state index in [4.69, 9.17) is 5.11 Å². The Morgan fingerprint density at radius 3 is 2.04 bits per heavy atom. The maximum atomic E-state index is 12.1. The number of anilines is 1. The predicted octanol–water partition coefficient (Wildman–Crippen LogP) is -5.47. The van der Waals surface area contributed by atoms with Gasteiger partial charge in [0.15, 0.2) is 0 Å². The first-order valence-electron chi connectivity index (χ1n) is 6.60. The standard InChI is InChI=1S/C14H10N2O9S.2Na/c17-12-10(14(19)20)5-9(26(23,24)25)6-11(12)15-13(18)7-1-3-8(4-2-7)16(21)22;;/h1-6,17H,(H,15,18)(H,19,20)(H,23,24,25);;/q;2*+1/p-2. The number of hydrogen-bond acceptors (Lipinski definition) is 8. The van der Waals surface area contributed by atoms with Crippen LogP contribution < -0.4 is 69.5 Å². The summed E-state index contributed by atoms with van der Waals surface area (Å²) in [5.74, 6) is -3.96. The van der Waals surface area contributed by atoms with Gasteiger partial charge in [-0.3, -0.25) is 14.9 Å². The number of carboxylic acid groups (broad SMARTS) is 1. The molecule has 0 spiro atoms. The molecule has 11 nitrogen and oxygen atoms in total. The molecule has 0 aromatic heterocycles. The van der Waals surface area contributed by atoms with Crippen molar-refractivity contribution < 1.29 is 96.8 Å². The third kappa shape index (κ3) is 6.25. The van der Waals surface area contributed by atoms with Gasteiger partial charge in [0.25, 0.3) is 11.6 Å². The molecule has 2 aromatic rings. The number of benzene rings is 2. The maximum Gasteiger partial charge on any atom is 1.00 e. The molecular formula is C14H8N2Na2O9S. The molecule has 0 aliphatic rings. The molecule has 2 N–H and O–H groups in total. The number of carbonyl (C=O) groups is 2. The van der Waals surface area contributed by atoms with Crippen LogP contribution >= 0.6 is 0 Å². The van der Waals surface area contributed by atoms with E-state index < -0.39 is 48.8 Å². The molecule has 0 saturated carbocycles. The Morgan fingerprint density at radius 1 is 1.07 bits per heavy atom. The third-order valence-corrected chi connectivity index (χ3v) is 3.98. The third-order valence-electron chi connectivity index (χ3n) is 3.17. The van der Waals surface area contributed by atoms with E-state index >= 15 is 0 Å². The Kier molecular flexibility index (Phi) is 9.76. The molecule has 1 amide bonds. The summed E-state index contributed by atoms with van der Waals surface area (Å²) in [4.78, 5) is 32.0. The van der Waals surface area contributed by atoms with Crippen LogP contribution in [0.1, 0.15) is 20.7 Å². The minimum atomic E-state index is -5.09. The first kappa shape index (κ1) is 26.5. The normalized spacial score (nSPS) is 10.2. The Labute approximate surface area is 202 Å². The van der Waals surface area contributed by atoms with Gasteiger partial charge in [0, 0.05) is 23.4 Å². The molecule has 0 aliphatic heterocycles. The van der Waals surface area contributed by atoms with Gasteiger partial charge < -0.3 is 20.1 Å². The molecule has 0 bridgehead atoms. The van der Waals surface area contributed by atoms with Gasteiger partial charge in [0.2, 0.25) is 0 Å². The summed E-state index contributed by atoms with van der Waals surface area (Å²) < 4.78 is 33.3. The average Bonchev–Trinajstić information content (AvgIpc) is 2.55. The van der Waals surface area contributed by atoms with Crippen LogP contribution in [-0.2, 0) is 10.1 Å². The molecule has 136 valence electrons. The minimum absolute atomic E-state index is 0. The van der Waals surface area contributed by atoms with Crippen molar-refractivity contribution in [3.63, 3.8) is 0 Å². The summed E-state index contributed by atoms with van der Waals surface area (Å²) in [5.41, 5.74) is -2.16. The summed E-state index contributed by atoms with van der Waals surface area (Å²) in [7, 11) is -5.09. The molecule has 14 heteroatoms. The second-order valence-electron chi connectivity index (χ2n) is 4.86. The maximum absolute atomic E-state index is 12.1. The van der Waals surface area contributed by atoms with Crippen LogP contribution in [0.5, 0.6) is 5.75 Å². The number of hydrogen-bond donors (Lipinski definition) is 2. The van der Waals surface area contributed by atoms with Crippen molar-refractivity contribution in [1.29, 1.82) is 0 Å². The first-order valence-corrected chi connectivity index (χ1v) is 8.01. The predicted molar refractivity (Wildman–Crippen MR) is 81.9 cm³/mol. The number of carbonyl (C=O) groups excluding carboxylic acids is 1. The summed E-state index contributed by atoms with van der Waals surface area (Å²) in [6.45, 7) is 0. The summed E-state index contributed by atoms with van der Waals surface area (Å²) in [6, 6.07) is 5.13. The molecule has 0 fully saturated rings. The number of non-ortho nitro benzene ring substituents is 1. The van der Waals surface area contributed by atoms with Crippen molar-refractivity contribution in [1.82, 2.24) is 0 Å². The topological polar surface area (TPSA) is 190 Å². The number of nitrogens with one attached hydrogen (secondary N) is 1. The molecule has 0 heterocycles. The second-order valence-corrected chi connectivity index (χ2v) is 6.24. The molecular weight excluding hydrogens is 418 g/mol. The molecule has 0 saturated heterocycles. The smallest absolute Gasteiger partial charge is 0.870 e. The van der Waals surface area contributed by atoms with Gasteiger partial charge in [-0.05, 0) is 24.3 Å². The first-order chi connectivity index (χ1) is 12.0. The zero-order valence-electron chi connectivity index (χ0n) is 14.5. The quantitative estimate of drug-likeness (QED) is 0.203. The van der Waals surface area contributed by atoms with Gasteiger partial charge in [0.05, 0.1) is 15.4 Å². The van der Waals surface area contributed by atoms with Crippen LogP contribution in [0.3, 0.4) is 0 Å². The van der Waals surface area contributed by atoms with Crippen LogP contribution in [0.25, 0.3) is 0 Å². The number of carboxylic acids is 1. The largest absolute Gasteiger partial charge is 1.00 e. The monoisotopic (exact) mass is 426 g/mol. The van der Waals surface area contributed by atoms with Crippen LogP contribution in [0.4, 0.5) is 11.4 Å². The van der Waals surface area contributed by atoms with Gasteiger partial charge in [-0.2, -0.15) is 0 Å². The van der Waals surface area contributed by atoms with Crippen molar-refractivity contribution in [2.45, 2.75) is 4.90 Å². The number of amides is 1. The number of nitro benzene ring substituents is 1. The van der Waals surface area contributed by atoms with E-state index in [-0.39, 0.29) is 70.4 Å². The van der Waals surface area contributed by atoms with Gasteiger partial charge in [0.1, 0.15) is 10.1 Å². The number of nitrogens with zero attached hydrogens (tertiary/aromatic N) is 1. The molecule has 0 atom stereocenters. The van der Waals surface area contributed by atoms with E-state index in [1.54, 1.807) is 0 Å². The fraction of sp³-hybridized carbons (Fsp3) is 0. The van der Waals surface area contributed by atoms with E-state index in [0.717, 1.165) is 24.3 Å². The zero-order chi connectivity index (χ0) is 19.6. The molecule has 0 unspecified atom stereocenters. The van der Waals surface area contributed by atoms with Crippen molar-refractivity contribution in [2.24, 2.45) is 0 Å². The fourth-order valence-electron chi connectivity index (χ4n) is 1.93. The Balaban J connectivity index is 0.00000364. The zero-order valence-corrected chi connectivity index (χ0v) is 19.3. The summed E-state index contributed by atoms with van der Waals surface area (Å²) >= 11 is 0. The van der Waals surface area contributed by atoms with Crippen molar-refractivity contribution >= 4 is 33.4 Å². The van der Waals surface area contributed by atoms with Gasteiger partial charge >= 0.3 is 65.1 Å². The number of nitro groups is 1. The fourth-order valence-corrected chi connectivity index (χ4v) is 2.45. The van der Waals surface area contributed by atoms with Crippen LogP contribution in [0, 0.1) is 10.1 Å². The minimum Gasteiger partial charge on any atom is -0.870 e. The van der Waals surface area contributed by atoms with Crippen molar-refractivity contribution in [3.8, 4) is 5.75 Å². The van der Waals surface area contributed by atoms with E-state index in [2.05, 4.69) is 0 Å². The van der Waals surface area contributed by atoms with E-state index in [9.17, 15) is 37.8 Å². The van der Waals surface area contributed by atoms with Gasteiger partial charge in [-0.1, -0.05) is 5.75 Å². The second kappa shape index (κ2) is 10.3. The Hall–Kier alpha value is -1.51. The van der Waals surface area contributed by atoms with Gasteiger partial charge in [-0.15, -0.1) is 0 Å². The Morgan fingerprint density at radius 2 is 1.61 bits per heavy atom. The molecule has 2 rings (SSSR count). The van der Waals surface area contributed by atoms with Crippen molar-refractivity contribution in [3.05, 3.63) is 57.6 Å². The average molecular weight is 426 g/mol. The SMILES string of the molecule is O=C(Nc1cc(S(=O)(=O)[O-])cc(C(=O)O)c1[O-])c1ccc([N+](=O)[O-])cc1.[Na+].[Na+]. The number of aromatic carboxylic acids is 1. The number of rotatable bonds is 5. The molecule has 2 aromatic carbocycles. The van der Waals surface area contributed by atoms with Crippen LogP contribution in [0.15, 0.2) is 41.3 Å². The summed E-state index contributed by atoms with van der Waals surface area (Å²) in [5, 5.41) is 33.5. The molecule has 0 radical (unpaired) electrons. The van der Waals surface area contributed by atoms with Crippen LogP contribution in [0.2, 0.25) is 0 Å². The molecule has 0 aliphatic carbocycles. The van der Waals surface area contributed by atoms with E-state index in [1.807, 2.05) is 5.32 Å². The van der Waals surface area contributed by atoms with Crippen molar-refractivity contribution in [2.75, 3.05) is 5.32 Å². The van der Waals surface area contributed by atoms with E-state index in [1.165, 1.54) is 0 Å². The summed E-state index contributed by atoms with van der Waals surface area (Å²) in [6.07, 6.45) is 0. The van der Waals surface area contributed by atoms with E-state index in [0.29, 0.717) is 12.1 Å². The Bertz CT molecular complexity index is 1020. The van der Waals surface area contributed by atoms with Crippen LogP contribution in [-0.4, -0.2) is 34.9 Å². The van der Waals surface area contributed by atoms with Gasteiger partial charge in [-0.25, -0.2) is 13.2 Å².